The molecule has 1 heterocycles. The second kappa shape index (κ2) is 1.18. The summed E-state index contributed by atoms with van der Waals surface area (Å²) in [5.74, 6) is 1.93. The topological polar surface area (TPSA) is 28.7 Å². The molecule has 0 aliphatic rings. The van der Waals surface area contributed by atoms with Crippen LogP contribution < -0.4 is 0 Å². The van der Waals surface area contributed by atoms with Crippen molar-refractivity contribution in [2.24, 2.45) is 0 Å². The highest BCUT2D eigenvalue weighted by Crippen LogP contribution is 1.88. The molecule has 1 aromatic rings. The predicted molar refractivity (Wildman–Crippen MR) is 21.1 cm³/mol. The van der Waals surface area contributed by atoms with Gasteiger partial charge in [-0.05, 0) is 0 Å². The molecule has 1 aromatic heterocycles. The highest BCUT2D eigenvalue weighted by Gasteiger charge is 1.58. The number of hydrogen-bond acceptors (Lipinski definition) is 1. The molecule has 0 spiro atoms. The van der Waals surface area contributed by atoms with E-state index in [1.807, 2.05) is 12.0 Å². The smallest absolute Gasteiger partial charge is 0.0622 e. The first-order valence-corrected chi connectivity index (χ1v) is 2.22. The normalized spacial score (nSPS) is 9.60. The van der Waals surface area contributed by atoms with Crippen LogP contribution in [0.5, 0.6) is 0 Å². The fourth-order valence-electron chi connectivity index (χ4n) is 0.167. The van der Waals surface area contributed by atoms with Crippen LogP contribution in [-0.2, 0) is 0 Å². The number of hydrogen-bond donors (Lipinski definition) is 1. The third kappa shape index (κ3) is 0.455. The van der Waals surface area contributed by atoms with Gasteiger partial charge in [-0.1, -0.05) is 0 Å². The molecule has 0 bridgehead atoms. The van der Waals surface area contributed by atoms with E-state index in [-0.39, 0.29) is 0 Å². The van der Waals surface area contributed by atoms with Crippen LogP contribution in [0, 0.1) is 0 Å². The molecule has 0 aliphatic carbocycles. The summed E-state index contributed by atoms with van der Waals surface area (Å²) in [5.41, 5.74) is 0. The Hall–Kier alpha value is -0.360. The molecule has 5 heavy (non-hydrogen) atoms. The Bertz CT molecular complexity index is 64.1. The zero-order valence-electron chi connectivity index (χ0n) is 2.55. The maximum atomic E-state index is 3.69. The number of nitrogens with zero attached hydrogens (tertiary/aromatic N) is 1. The fourth-order valence-corrected chi connectivity index (χ4v) is 0.500. The first-order chi connectivity index (χ1) is 2.50. The Balaban J connectivity index is 3.13. The maximum absolute atomic E-state index is 3.69. The van der Waals surface area contributed by atoms with Crippen molar-refractivity contribution >= 4 is 8.35 Å². The molecular weight excluding hydrogens is 83.0 g/mol. The van der Waals surface area contributed by atoms with Crippen LogP contribution in [0.2, 0.25) is 0 Å². The van der Waals surface area contributed by atoms with E-state index < -0.39 is 0 Å². The van der Waals surface area contributed by atoms with Gasteiger partial charge in [-0.3, -0.25) is 5.10 Å². The van der Waals surface area contributed by atoms with E-state index in [0.717, 1.165) is 8.35 Å². The number of rotatable bonds is 0. The summed E-state index contributed by atoms with van der Waals surface area (Å²) in [6, 6.07) is 0. The van der Waals surface area contributed by atoms with Crippen LogP contribution in [0.15, 0.2) is 12.0 Å². The standard InChI is InChI=1S/C2H3N2P/c1-2-5-4-3-1/h1-2H,(H,3,4). The summed E-state index contributed by atoms with van der Waals surface area (Å²) in [6.07, 6.45) is 1.81. The van der Waals surface area contributed by atoms with Crippen LogP contribution in [0.25, 0.3) is 0 Å². The molecule has 0 saturated heterocycles. The van der Waals surface area contributed by atoms with Gasteiger partial charge in [0, 0.05) is 12.0 Å². The molecule has 0 aromatic carbocycles. The second-order valence-corrected chi connectivity index (χ2v) is 1.39. The Morgan fingerprint density at radius 2 is 2.80 bits per heavy atom. The van der Waals surface area contributed by atoms with Crippen LogP contribution in [0.4, 0.5) is 0 Å². The third-order valence-electron chi connectivity index (χ3n) is 0.331. The summed E-state index contributed by atoms with van der Waals surface area (Å²) in [5, 5.41) is 2.65. The zero-order chi connectivity index (χ0) is 3.54. The van der Waals surface area contributed by atoms with E-state index in [0.29, 0.717) is 0 Å². The summed E-state index contributed by atoms with van der Waals surface area (Å²) >= 11 is 0. The van der Waals surface area contributed by atoms with Crippen molar-refractivity contribution in [2.45, 2.75) is 0 Å². The van der Waals surface area contributed by atoms with Gasteiger partial charge in [0.2, 0.25) is 0 Å². The Labute approximate surface area is 31.4 Å². The van der Waals surface area contributed by atoms with Gasteiger partial charge in [0.25, 0.3) is 0 Å². The van der Waals surface area contributed by atoms with Gasteiger partial charge in [0.1, 0.15) is 0 Å². The van der Waals surface area contributed by atoms with Crippen molar-refractivity contribution in [1.82, 2.24) is 9.96 Å². The average molecular weight is 86.0 g/mol. The Morgan fingerprint density at radius 1 is 1.80 bits per heavy atom. The minimum atomic E-state index is 1.02. The van der Waals surface area contributed by atoms with Crippen LogP contribution >= 0.6 is 8.35 Å². The van der Waals surface area contributed by atoms with E-state index in [4.69, 9.17) is 0 Å². The Morgan fingerprint density at radius 3 is 3.00 bits per heavy atom. The van der Waals surface area contributed by atoms with Crippen molar-refractivity contribution in [3.8, 4) is 0 Å². The molecule has 0 atom stereocenters. The van der Waals surface area contributed by atoms with Gasteiger partial charge in [-0.15, -0.1) is 0 Å². The van der Waals surface area contributed by atoms with Gasteiger partial charge in [-0.2, -0.15) is 4.86 Å². The number of H-pyrrole nitrogens is 1. The number of aromatic amines is 1. The summed E-state index contributed by atoms with van der Waals surface area (Å²) in [4.78, 5) is 3.69. The fraction of sp³-hybridized carbons (Fsp3) is 0. The first kappa shape index (κ1) is 2.86. The van der Waals surface area contributed by atoms with Crippen molar-refractivity contribution in [2.75, 3.05) is 0 Å². The van der Waals surface area contributed by atoms with E-state index in [1.165, 1.54) is 0 Å². The molecule has 0 radical (unpaired) electrons. The molecule has 2 nitrogen and oxygen atoms in total. The molecule has 0 amide bonds. The summed E-state index contributed by atoms with van der Waals surface area (Å²) in [7, 11) is 1.02. The van der Waals surface area contributed by atoms with Gasteiger partial charge < -0.3 is 0 Å². The molecular formula is C2H3N2P. The van der Waals surface area contributed by atoms with E-state index >= 15 is 0 Å². The van der Waals surface area contributed by atoms with Gasteiger partial charge in [-0.25, -0.2) is 0 Å². The summed E-state index contributed by atoms with van der Waals surface area (Å²) in [6.45, 7) is 0. The minimum absolute atomic E-state index is 1.02. The van der Waals surface area contributed by atoms with Crippen LogP contribution in [-0.4, -0.2) is 9.96 Å². The monoisotopic (exact) mass is 86.0 g/mol. The lowest BCUT2D eigenvalue weighted by Gasteiger charge is -1.48. The van der Waals surface area contributed by atoms with E-state index in [9.17, 15) is 0 Å². The predicted octanol–water partition coefficient (Wildman–Crippen LogP) is 0.990. The van der Waals surface area contributed by atoms with Crippen molar-refractivity contribution in [3.05, 3.63) is 12.0 Å². The number of aromatic nitrogens is 2. The first-order valence-electron chi connectivity index (χ1n) is 1.30. The molecule has 1 rings (SSSR count). The lowest BCUT2D eigenvalue weighted by molar-refractivity contribution is 1.16. The lowest BCUT2D eigenvalue weighted by atomic mass is 11.1. The van der Waals surface area contributed by atoms with Gasteiger partial charge in [0.05, 0.1) is 8.35 Å². The summed E-state index contributed by atoms with van der Waals surface area (Å²) < 4.78 is 0. The highest BCUT2D eigenvalue weighted by atomic mass is 31.0. The molecule has 26 valence electrons. The largest absolute Gasteiger partial charge is 0.281 e. The molecule has 3 heteroatoms. The van der Waals surface area contributed by atoms with Crippen molar-refractivity contribution in [3.63, 3.8) is 0 Å². The molecule has 0 unspecified atom stereocenters. The van der Waals surface area contributed by atoms with E-state index in [2.05, 4.69) is 9.96 Å². The van der Waals surface area contributed by atoms with Gasteiger partial charge >= 0.3 is 0 Å². The zero-order valence-corrected chi connectivity index (χ0v) is 3.44. The molecule has 0 fully saturated rings. The maximum Gasteiger partial charge on any atom is 0.0622 e. The van der Waals surface area contributed by atoms with Crippen LogP contribution in [0.1, 0.15) is 0 Å². The second-order valence-electron chi connectivity index (χ2n) is 0.660. The van der Waals surface area contributed by atoms with Gasteiger partial charge in [0.15, 0.2) is 0 Å². The minimum Gasteiger partial charge on any atom is -0.281 e. The molecule has 1 N–H and O–H groups in total. The highest BCUT2D eigenvalue weighted by molar-refractivity contribution is 7.24. The number of nitrogens with one attached hydrogen (secondary N) is 1. The average Bonchev–Trinajstić information content (AvgIpc) is 1.76. The quantitative estimate of drug-likeness (QED) is 0.501. The van der Waals surface area contributed by atoms with Crippen molar-refractivity contribution in [1.29, 1.82) is 0 Å². The lowest BCUT2D eigenvalue weighted by Crippen LogP contribution is -1.50. The van der Waals surface area contributed by atoms with Crippen LogP contribution in [0.3, 0.4) is 0 Å². The third-order valence-corrected chi connectivity index (χ3v) is 0.845. The van der Waals surface area contributed by atoms with Crippen molar-refractivity contribution < 1.29 is 0 Å². The van der Waals surface area contributed by atoms with E-state index in [1.54, 1.807) is 0 Å². The molecule has 0 aliphatic heterocycles. The Kier molecular flexibility index (Phi) is 0.673. The SMILES string of the molecule is c1cpn[nH]1. The molecule has 0 saturated carbocycles.